The Kier molecular flexibility index (Phi) is 6.20. The molecule has 2 aliphatic rings. The molecule has 4 rings (SSSR count). The largest absolute Gasteiger partial charge is 0.381 e. The second kappa shape index (κ2) is 8.84. The number of fused-ring (bicyclic) bond motifs is 1. The summed E-state index contributed by atoms with van der Waals surface area (Å²) in [5, 5.41) is 4.00. The molecule has 3 heterocycles. The minimum Gasteiger partial charge on any atom is -0.381 e. The zero-order valence-corrected chi connectivity index (χ0v) is 17.4. The lowest BCUT2D eigenvalue weighted by molar-refractivity contribution is -0.121. The van der Waals surface area contributed by atoms with Crippen molar-refractivity contribution in [1.82, 2.24) is 15.2 Å². The maximum Gasteiger partial charge on any atom is 0.224 e. The smallest absolute Gasteiger partial charge is 0.224 e. The number of ether oxygens (including phenoxy) is 1. The standard InChI is InChI=1S/C23H32FN3O2/c1-17-19(20-13-18(24)5-6-21(20)26-17)14-22(28)25-15-23(7-11-29-12-8-23)16-27-9-3-2-4-10-27/h5-6,13,26H,2-4,7-12,14-16H2,1H3,(H,25,28). The number of likely N-dealkylation sites (tertiary alicyclic amines) is 1. The molecule has 0 aliphatic carbocycles. The topological polar surface area (TPSA) is 57.4 Å². The monoisotopic (exact) mass is 401 g/mol. The van der Waals surface area contributed by atoms with Crippen molar-refractivity contribution in [2.75, 3.05) is 39.4 Å². The molecule has 1 amide bonds. The minimum absolute atomic E-state index is 0.00257. The molecule has 0 bridgehead atoms. The number of aryl methyl sites for hydroxylation is 1. The summed E-state index contributed by atoms with van der Waals surface area (Å²) in [6.45, 7) is 7.52. The molecule has 1 aromatic heterocycles. The Morgan fingerprint density at radius 2 is 2.00 bits per heavy atom. The van der Waals surface area contributed by atoms with E-state index in [4.69, 9.17) is 4.74 Å². The highest BCUT2D eigenvalue weighted by Gasteiger charge is 2.35. The molecular weight excluding hydrogens is 369 g/mol. The van der Waals surface area contributed by atoms with E-state index in [9.17, 15) is 9.18 Å². The lowest BCUT2D eigenvalue weighted by atomic mass is 9.79. The van der Waals surface area contributed by atoms with Crippen molar-refractivity contribution in [3.05, 3.63) is 35.3 Å². The van der Waals surface area contributed by atoms with Crippen LogP contribution in [0.1, 0.15) is 43.4 Å². The van der Waals surface area contributed by atoms with Gasteiger partial charge in [-0.05, 0) is 69.5 Å². The number of nitrogens with zero attached hydrogens (tertiary/aromatic N) is 1. The van der Waals surface area contributed by atoms with Gasteiger partial charge in [0.1, 0.15) is 5.82 Å². The van der Waals surface area contributed by atoms with Gasteiger partial charge in [-0.3, -0.25) is 4.79 Å². The third-order valence-corrected chi connectivity index (χ3v) is 6.64. The predicted octanol–water partition coefficient (Wildman–Crippen LogP) is 3.56. The number of amides is 1. The van der Waals surface area contributed by atoms with Gasteiger partial charge < -0.3 is 19.9 Å². The van der Waals surface area contributed by atoms with E-state index in [1.54, 1.807) is 6.07 Å². The first-order valence-corrected chi connectivity index (χ1v) is 10.9. The lowest BCUT2D eigenvalue weighted by Crippen LogP contribution is -2.49. The fourth-order valence-electron chi connectivity index (χ4n) is 4.88. The van der Waals surface area contributed by atoms with Gasteiger partial charge in [0.2, 0.25) is 5.91 Å². The molecule has 0 radical (unpaired) electrons. The maximum atomic E-state index is 13.7. The van der Waals surface area contributed by atoms with Crippen LogP contribution in [0.4, 0.5) is 4.39 Å². The summed E-state index contributed by atoms with van der Waals surface area (Å²) in [7, 11) is 0. The first kappa shape index (κ1) is 20.4. The molecule has 158 valence electrons. The molecule has 0 spiro atoms. The number of carbonyl (C=O) groups excluding carboxylic acids is 1. The summed E-state index contributed by atoms with van der Waals surface area (Å²) >= 11 is 0. The summed E-state index contributed by atoms with van der Waals surface area (Å²) in [5.74, 6) is -0.274. The van der Waals surface area contributed by atoms with E-state index >= 15 is 0 Å². The zero-order chi connectivity index (χ0) is 20.3. The van der Waals surface area contributed by atoms with Crippen molar-refractivity contribution >= 4 is 16.8 Å². The van der Waals surface area contributed by atoms with Crippen LogP contribution in [0.2, 0.25) is 0 Å². The van der Waals surface area contributed by atoms with Crippen LogP contribution in [0.15, 0.2) is 18.2 Å². The van der Waals surface area contributed by atoms with Gasteiger partial charge in [-0.1, -0.05) is 6.42 Å². The molecule has 2 aromatic rings. The van der Waals surface area contributed by atoms with Crippen LogP contribution < -0.4 is 5.32 Å². The predicted molar refractivity (Wildman–Crippen MR) is 112 cm³/mol. The van der Waals surface area contributed by atoms with E-state index in [2.05, 4.69) is 15.2 Å². The molecule has 5 nitrogen and oxygen atoms in total. The number of aromatic amines is 1. The van der Waals surface area contributed by atoms with Gasteiger partial charge in [0.25, 0.3) is 0 Å². The van der Waals surface area contributed by atoms with E-state index in [-0.39, 0.29) is 23.6 Å². The number of carbonyl (C=O) groups is 1. The molecule has 0 atom stereocenters. The van der Waals surface area contributed by atoms with Gasteiger partial charge in [0, 0.05) is 48.3 Å². The number of benzene rings is 1. The van der Waals surface area contributed by atoms with E-state index in [0.29, 0.717) is 6.54 Å². The van der Waals surface area contributed by atoms with Gasteiger partial charge in [-0.25, -0.2) is 4.39 Å². The highest BCUT2D eigenvalue weighted by Crippen LogP contribution is 2.32. The van der Waals surface area contributed by atoms with Crippen molar-refractivity contribution in [3.8, 4) is 0 Å². The Morgan fingerprint density at radius 3 is 2.76 bits per heavy atom. The second-order valence-electron chi connectivity index (χ2n) is 8.82. The van der Waals surface area contributed by atoms with Crippen molar-refractivity contribution in [2.24, 2.45) is 5.41 Å². The molecular formula is C23H32FN3O2. The molecule has 0 saturated carbocycles. The van der Waals surface area contributed by atoms with Crippen molar-refractivity contribution in [2.45, 2.75) is 45.4 Å². The number of hydrogen-bond acceptors (Lipinski definition) is 3. The van der Waals surface area contributed by atoms with Gasteiger partial charge in [0.15, 0.2) is 0 Å². The van der Waals surface area contributed by atoms with Crippen LogP contribution >= 0.6 is 0 Å². The van der Waals surface area contributed by atoms with E-state index < -0.39 is 0 Å². The second-order valence-corrected chi connectivity index (χ2v) is 8.82. The summed E-state index contributed by atoms with van der Waals surface area (Å²) in [6, 6.07) is 4.68. The van der Waals surface area contributed by atoms with Crippen LogP contribution in [0.3, 0.4) is 0 Å². The average Bonchev–Trinajstić information content (AvgIpc) is 3.03. The fourth-order valence-corrected chi connectivity index (χ4v) is 4.88. The highest BCUT2D eigenvalue weighted by atomic mass is 19.1. The van der Waals surface area contributed by atoms with Gasteiger partial charge in [0.05, 0.1) is 6.42 Å². The van der Waals surface area contributed by atoms with Gasteiger partial charge >= 0.3 is 0 Å². The quantitative estimate of drug-likeness (QED) is 0.778. The van der Waals surface area contributed by atoms with E-state index in [0.717, 1.165) is 67.8 Å². The molecule has 2 N–H and O–H groups in total. The van der Waals surface area contributed by atoms with Crippen LogP contribution in [0.5, 0.6) is 0 Å². The molecule has 2 fully saturated rings. The number of halogens is 1. The van der Waals surface area contributed by atoms with Crippen molar-refractivity contribution in [1.29, 1.82) is 0 Å². The Hall–Kier alpha value is -1.92. The number of aromatic nitrogens is 1. The lowest BCUT2D eigenvalue weighted by Gasteiger charge is -2.42. The third kappa shape index (κ3) is 4.81. The summed E-state index contributed by atoms with van der Waals surface area (Å²) in [4.78, 5) is 18.6. The van der Waals surface area contributed by atoms with Gasteiger partial charge in [-0.2, -0.15) is 0 Å². The molecule has 2 aliphatic heterocycles. The third-order valence-electron chi connectivity index (χ3n) is 6.64. The Morgan fingerprint density at radius 1 is 1.24 bits per heavy atom. The Balaban J connectivity index is 1.42. The molecule has 6 heteroatoms. The SMILES string of the molecule is Cc1[nH]c2ccc(F)cc2c1CC(=O)NCC1(CN2CCCCC2)CCOCC1. The average molecular weight is 402 g/mol. The van der Waals surface area contributed by atoms with Crippen molar-refractivity contribution in [3.63, 3.8) is 0 Å². The minimum atomic E-state index is -0.277. The number of H-pyrrole nitrogens is 1. The molecule has 2 saturated heterocycles. The normalized spacial score (nSPS) is 20.1. The van der Waals surface area contributed by atoms with E-state index in [1.165, 1.54) is 31.4 Å². The first-order chi connectivity index (χ1) is 14.0. The van der Waals surface area contributed by atoms with Gasteiger partial charge in [-0.15, -0.1) is 0 Å². The fraction of sp³-hybridized carbons (Fsp3) is 0.609. The highest BCUT2D eigenvalue weighted by molar-refractivity contribution is 5.90. The van der Waals surface area contributed by atoms with Crippen LogP contribution in [-0.4, -0.2) is 55.2 Å². The Labute approximate surface area is 172 Å². The van der Waals surface area contributed by atoms with Crippen LogP contribution in [-0.2, 0) is 16.0 Å². The summed E-state index contributed by atoms with van der Waals surface area (Å²) < 4.78 is 19.3. The molecule has 29 heavy (non-hydrogen) atoms. The summed E-state index contributed by atoms with van der Waals surface area (Å²) in [6.07, 6.45) is 6.12. The first-order valence-electron chi connectivity index (χ1n) is 10.9. The van der Waals surface area contributed by atoms with Crippen LogP contribution in [0.25, 0.3) is 10.9 Å². The summed E-state index contributed by atoms with van der Waals surface area (Å²) in [5.41, 5.74) is 2.77. The van der Waals surface area contributed by atoms with E-state index in [1.807, 2.05) is 6.92 Å². The van der Waals surface area contributed by atoms with Crippen LogP contribution in [0, 0.1) is 18.2 Å². The number of rotatable bonds is 6. The number of nitrogens with one attached hydrogen (secondary N) is 2. The number of hydrogen-bond donors (Lipinski definition) is 2. The molecule has 0 unspecified atom stereocenters. The Bertz CT molecular complexity index is 851. The molecule has 1 aromatic carbocycles. The zero-order valence-electron chi connectivity index (χ0n) is 17.4. The number of piperidine rings is 1. The maximum absolute atomic E-state index is 13.7. The van der Waals surface area contributed by atoms with Crippen molar-refractivity contribution < 1.29 is 13.9 Å².